The van der Waals surface area contributed by atoms with E-state index in [-0.39, 0.29) is 0 Å². The normalized spacial score (nSPS) is 10.9. The second-order valence-corrected chi connectivity index (χ2v) is 5.98. The molecule has 0 atom stereocenters. The number of hydrogen-bond donors (Lipinski definition) is 1. The molecule has 0 unspecified atom stereocenters. The highest BCUT2D eigenvalue weighted by molar-refractivity contribution is 7.13. The van der Waals surface area contributed by atoms with Gasteiger partial charge in [-0.1, -0.05) is 49.4 Å². The van der Waals surface area contributed by atoms with Gasteiger partial charge in [-0.15, -0.1) is 11.3 Å². The molecule has 1 aromatic heterocycles. The summed E-state index contributed by atoms with van der Waals surface area (Å²) in [5.74, 6) is -0.880. The van der Waals surface area contributed by atoms with Crippen molar-refractivity contribution in [3.63, 3.8) is 0 Å². The first-order valence-electron chi connectivity index (χ1n) is 6.87. The largest absolute Gasteiger partial charge is 0.477 e. The third-order valence-electron chi connectivity index (χ3n) is 3.44. The maximum absolute atomic E-state index is 11.2. The van der Waals surface area contributed by atoms with Gasteiger partial charge in [0.1, 0.15) is 4.88 Å². The fourth-order valence-corrected chi connectivity index (χ4v) is 3.43. The number of carboxylic acid groups (broad SMARTS) is 1. The molecule has 2 aromatic carbocycles. The standard InChI is InChI=1S/C17H15NO2S/c1-2-14-16(17(19)20)21-15(18-14)10-11-7-8-12-5-3-4-6-13(12)9-11/h3-9H,2,10H2,1H3,(H,19,20). The third-order valence-corrected chi connectivity index (χ3v) is 4.53. The molecule has 3 aromatic rings. The highest BCUT2D eigenvalue weighted by atomic mass is 32.1. The van der Waals surface area contributed by atoms with E-state index < -0.39 is 5.97 Å². The van der Waals surface area contributed by atoms with Crippen molar-refractivity contribution in [1.29, 1.82) is 0 Å². The number of aryl methyl sites for hydroxylation is 1. The molecule has 0 aliphatic heterocycles. The predicted octanol–water partition coefficient (Wildman–Crippen LogP) is 4.15. The van der Waals surface area contributed by atoms with E-state index >= 15 is 0 Å². The molecular weight excluding hydrogens is 282 g/mol. The van der Waals surface area contributed by atoms with E-state index in [0.29, 0.717) is 23.4 Å². The summed E-state index contributed by atoms with van der Waals surface area (Å²) in [7, 11) is 0. The van der Waals surface area contributed by atoms with Gasteiger partial charge in [-0.05, 0) is 22.8 Å². The van der Waals surface area contributed by atoms with Crippen LogP contribution in [0.1, 0.15) is 32.9 Å². The van der Waals surface area contributed by atoms with Gasteiger partial charge in [0, 0.05) is 6.42 Å². The SMILES string of the molecule is CCc1nc(Cc2ccc3ccccc3c2)sc1C(=O)O. The Kier molecular flexibility index (Phi) is 3.71. The summed E-state index contributed by atoms with van der Waals surface area (Å²) in [6.45, 7) is 1.93. The predicted molar refractivity (Wildman–Crippen MR) is 85.2 cm³/mol. The number of carbonyl (C=O) groups is 1. The topological polar surface area (TPSA) is 50.2 Å². The fraction of sp³-hybridized carbons (Fsp3) is 0.176. The van der Waals surface area contributed by atoms with Crippen molar-refractivity contribution in [1.82, 2.24) is 4.98 Å². The zero-order valence-electron chi connectivity index (χ0n) is 11.7. The smallest absolute Gasteiger partial charge is 0.347 e. The molecule has 0 fully saturated rings. The number of rotatable bonds is 4. The maximum atomic E-state index is 11.2. The average molecular weight is 297 g/mol. The third kappa shape index (κ3) is 2.81. The lowest BCUT2D eigenvalue weighted by molar-refractivity contribution is 0.0701. The molecule has 0 amide bonds. The van der Waals surface area contributed by atoms with Crippen molar-refractivity contribution in [2.45, 2.75) is 19.8 Å². The number of carboxylic acids is 1. The van der Waals surface area contributed by atoms with Crippen molar-refractivity contribution in [3.05, 3.63) is 63.6 Å². The lowest BCUT2D eigenvalue weighted by Gasteiger charge is -2.01. The van der Waals surface area contributed by atoms with Gasteiger partial charge in [-0.2, -0.15) is 0 Å². The molecule has 4 heteroatoms. The molecule has 21 heavy (non-hydrogen) atoms. The van der Waals surface area contributed by atoms with Gasteiger partial charge >= 0.3 is 5.97 Å². The van der Waals surface area contributed by atoms with Crippen LogP contribution in [-0.2, 0) is 12.8 Å². The summed E-state index contributed by atoms with van der Waals surface area (Å²) in [5, 5.41) is 12.5. The number of fused-ring (bicyclic) bond motifs is 1. The summed E-state index contributed by atoms with van der Waals surface area (Å²) >= 11 is 1.28. The lowest BCUT2D eigenvalue weighted by atomic mass is 10.1. The molecule has 0 radical (unpaired) electrons. The number of nitrogens with zero attached hydrogens (tertiary/aromatic N) is 1. The van der Waals surface area contributed by atoms with Crippen molar-refractivity contribution < 1.29 is 9.90 Å². The van der Waals surface area contributed by atoms with Crippen LogP contribution in [0.2, 0.25) is 0 Å². The fourth-order valence-electron chi connectivity index (χ4n) is 2.41. The maximum Gasteiger partial charge on any atom is 0.347 e. The van der Waals surface area contributed by atoms with E-state index in [1.54, 1.807) is 0 Å². The Morgan fingerprint density at radius 3 is 2.62 bits per heavy atom. The quantitative estimate of drug-likeness (QED) is 0.787. The van der Waals surface area contributed by atoms with E-state index in [0.717, 1.165) is 10.6 Å². The first kappa shape index (κ1) is 13.8. The molecule has 0 bridgehead atoms. The minimum atomic E-state index is -0.880. The molecule has 0 aliphatic rings. The Hall–Kier alpha value is -2.20. The zero-order chi connectivity index (χ0) is 14.8. The lowest BCUT2D eigenvalue weighted by Crippen LogP contribution is -1.97. The van der Waals surface area contributed by atoms with Crippen LogP contribution in [-0.4, -0.2) is 16.1 Å². The van der Waals surface area contributed by atoms with E-state index in [1.165, 1.54) is 22.1 Å². The van der Waals surface area contributed by atoms with E-state index in [1.807, 2.05) is 19.1 Å². The van der Waals surface area contributed by atoms with Crippen LogP contribution >= 0.6 is 11.3 Å². The van der Waals surface area contributed by atoms with Gasteiger partial charge in [0.25, 0.3) is 0 Å². The monoisotopic (exact) mass is 297 g/mol. The van der Waals surface area contributed by atoms with Crippen LogP contribution in [0.5, 0.6) is 0 Å². The molecule has 106 valence electrons. The minimum absolute atomic E-state index is 0.369. The van der Waals surface area contributed by atoms with Crippen molar-refractivity contribution in [2.75, 3.05) is 0 Å². The summed E-state index contributed by atoms with van der Waals surface area (Å²) in [6.07, 6.45) is 1.33. The van der Waals surface area contributed by atoms with Crippen molar-refractivity contribution in [2.24, 2.45) is 0 Å². The molecular formula is C17H15NO2S. The molecule has 0 spiro atoms. The summed E-state index contributed by atoms with van der Waals surface area (Å²) in [4.78, 5) is 16.0. The van der Waals surface area contributed by atoms with Gasteiger partial charge < -0.3 is 5.11 Å². The summed E-state index contributed by atoms with van der Waals surface area (Å²) < 4.78 is 0. The van der Waals surface area contributed by atoms with Crippen LogP contribution < -0.4 is 0 Å². The van der Waals surface area contributed by atoms with Crippen LogP contribution in [0.15, 0.2) is 42.5 Å². The van der Waals surface area contributed by atoms with Gasteiger partial charge in [-0.25, -0.2) is 9.78 Å². The molecule has 1 N–H and O–H groups in total. The van der Waals surface area contributed by atoms with Gasteiger partial charge in [0.15, 0.2) is 0 Å². The number of hydrogen-bond acceptors (Lipinski definition) is 3. The van der Waals surface area contributed by atoms with Gasteiger partial charge in [0.2, 0.25) is 0 Å². The van der Waals surface area contributed by atoms with Crippen molar-refractivity contribution in [3.8, 4) is 0 Å². The van der Waals surface area contributed by atoms with Crippen LogP contribution in [0.25, 0.3) is 10.8 Å². The Balaban J connectivity index is 1.93. The Morgan fingerprint density at radius 2 is 1.95 bits per heavy atom. The van der Waals surface area contributed by atoms with Crippen LogP contribution in [0.4, 0.5) is 0 Å². The summed E-state index contributed by atoms with van der Waals surface area (Å²) in [6, 6.07) is 14.5. The second kappa shape index (κ2) is 5.66. The highest BCUT2D eigenvalue weighted by Gasteiger charge is 2.16. The van der Waals surface area contributed by atoms with E-state index in [2.05, 4.69) is 35.3 Å². The van der Waals surface area contributed by atoms with E-state index in [9.17, 15) is 9.90 Å². The van der Waals surface area contributed by atoms with Crippen molar-refractivity contribution >= 4 is 28.1 Å². The molecule has 3 nitrogen and oxygen atoms in total. The van der Waals surface area contributed by atoms with Crippen LogP contribution in [0, 0.1) is 0 Å². The number of aromatic nitrogens is 1. The Labute approximate surface area is 126 Å². The van der Waals surface area contributed by atoms with Crippen LogP contribution in [0.3, 0.4) is 0 Å². The highest BCUT2D eigenvalue weighted by Crippen LogP contribution is 2.23. The number of aromatic carboxylic acids is 1. The Morgan fingerprint density at radius 1 is 1.19 bits per heavy atom. The molecule has 0 saturated heterocycles. The van der Waals surface area contributed by atoms with Gasteiger partial charge in [0.05, 0.1) is 10.7 Å². The molecule has 1 heterocycles. The number of benzene rings is 2. The zero-order valence-corrected chi connectivity index (χ0v) is 12.5. The Bertz CT molecular complexity index is 807. The first-order chi connectivity index (χ1) is 10.2. The average Bonchev–Trinajstić information content (AvgIpc) is 2.90. The second-order valence-electron chi connectivity index (χ2n) is 4.90. The van der Waals surface area contributed by atoms with E-state index in [4.69, 9.17) is 0 Å². The molecule has 3 rings (SSSR count). The minimum Gasteiger partial charge on any atom is -0.477 e. The number of thiazole rings is 1. The first-order valence-corrected chi connectivity index (χ1v) is 7.68. The van der Waals surface area contributed by atoms with Gasteiger partial charge in [-0.3, -0.25) is 0 Å². The molecule has 0 aliphatic carbocycles. The molecule has 0 saturated carbocycles. The summed E-state index contributed by atoms with van der Waals surface area (Å²) in [5.41, 5.74) is 1.84.